The topological polar surface area (TPSA) is 91.7 Å². The van der Waals surface area contributed by atoms with Crippen LogP contribution in [0.4, 0.5) is 19.1 Å². The number of carbonyl (C=O) groups excluding carboxylic acids is 2. The monoisotopic (exact) mass is 429 g/mol. The molecule has 0 bridgehead atoms. The highest BCUT2D eigenvalue weighted by Crippen LogP contribution is 2.39. The molecule has 4 atom stereocenters. The van der Waals surface area contributed by atoms with Crippen molar-refractivity contribution in [3.63, 3.8) is 0 Å². The minimum absolute atomic E-state index is 0.0433. The predicted octanol–water partition coefficient (Wildman–Crippen LogP) is 3.05. The largest absolute Gasteiger partial charge is 0.456 e. The number of esters is 2. The van der Waals surface area contributed by atoms with Crippen molar-refractivity contribution in [3.8, 4) is 0 Å². The third kappa shape index (κ3) is 3.93. The summed E-state index contributed by atoms with van der Waals surface area (Å²) < 4.78 is 59.9. The first-order valence-corrected chi connectivity index (χ1v) is 9.33. The summed E-state index contributed by atoms with van der Waals surface area (Å²) in [4.78, 5) is 27.3. The first-order valence-electron chi connectivity index (χ1n) is 9.33. The zero-order valence-electron chi connectivity index (χ0n) is 17.0. The second kappa shape index (κ2) is 8.13. The van der Waals surface area contributed by atoms with E-state index >= 15 is 0 Å². The smallest absolute Gasteiger partial charge is 0.303 e. The Hall–Kier alpha value is -2.82. The number of hydrogen-bond acceptors (Lipinski definition) is 7. The molecular formula is C19H22F3N3O5. The molecule has 1 fully saturated rings. The van der Waals surface area contributed by atoms with Crippen molar-refractivity contribution >= 4 is 28.9 Å². The molecule has 0 amide bonds. The zero-order valence-corrected chi connectivity index (χ0v) is 17.0. The summed E-state index contributed by atoms with van der Waals surface area (Å²) in [6, 6.07) is 0.596. The van der Waals surface area contributed by atoms with Crippen LogP contribution >= 0.6 is 0 Å². The van der Waals surface area contributed by atoms with Gasteiger partial charge < -0.3 is 19.5 Å². The second-order valence-electron chi connectivity index (χ2n) is 7.34. The highest BCUT2D eigenvalue weighted by atomic mass is 19.2. The molecule has 1 aromatic carbocycles. The van der Waals surface area contributed by atoms with E-state index in [0.29, 0.717) is 0 Å². The number of carbonyl (C=O) groups is 2. The van der Waals surface area contributed by atoms with Gasteiger partial charge in [0.2, 0.25) is 5.95 Å². The Morgan fingerprint density at radius 2 is 1.73 bits per heavy atom. The van der Waals surface area contributed by atoms with Crippen LogP contribution in [-0.2, 0) is 23.8 Å². The van der Waals surface area contributed by atoms with Crippen molar-refractivity contribution in [1.82, 2.24) is 9.55 Å². The zero-order chi connectivity index (χ0) is 22.3. The van der Waals surface area contributed by atoms with Crippen molar-refractivity contribution in [3.05, 3.63) is 23.5 Å². The Bertz CT molecular complexity index is 994. The second-order valence-corrected chi connectivity index (χ2v) is 7.34. The maximum Gasteiger partial charge on any atom is 0.303 e. The molecule has 1 saturated heterocycles. The molecule has 11 heteroatoms. The van der Waals surface area contributed by atoms with Crippen molar-refractivity contribution in [2.75, 3.05) is 5.32 Å². The van der Waals surface area contributed by atoms with E-state index in [-0.39, 0.29) is 17.5 Å². The van der Waals surface area contributed by atoms with E-state index in [1.54, 1.807) is 20.8 Å². The first kappa shape index (κ1) is 21.9. The number of ether oxygens (including phenoxy) is 3. The van der Waals surface area contributed by atoms with E-state index in [4.69, 9.17) is 14.2 Å². The standard InChI is InChI=1S/C19H22F3N3O5/c1-7(2)23-19-24-15-12(6-11(20)13(21)14(15)22)25(19)18-17(30-10(5)27)16(8(3)28-18)29-9(4)26/h6-8,16-18H,1-5H3,(H,23,24)/t8-,16-,17-,18-/m1/s1. The Kier molecular flexibility index (Phi) is 5.93. The van der Waals surface area contributed by atoms with Crippen LogP contribution in [0.3, 0.4) is 0 Å². The van der Waals surface area contributed by atoms with Gasteiger partial charge in [-0.25, -0.2) is 18.2 Å². The van der Waals surface area contributed by atoms with Crippen LogP contribution in [0.1, 0.15) is 40.8 Å². The van der Waals surface area contributed by atoms with Gasteiger partial charge in [-0.15, -0.1) is 0 Å². The molecule has 0 unspecified atom stereocenters. The molecule has 0 spiro atoms. The molecule has 0 radical (unpaired) electrons. The van der Waals surface area contributed by atoms with Crippen LogP contribution in [0, 0.1) is 17.5 Å². The molecule has 2 aromatic rings. The number of rotatable bonds is 5. The van der Waals surface area contributed by atoms with Gasteiger partial charge in [0.05, 0.1) is 11.6 Å². The molecule has 1 aliphatic heterocycles. The van der Waals surface area contributed by atoms with Crippen molar-refractivity contribution in [2.45, 2.75) is 65.2 Å². The lowest BCUT2D eigenvalue weighted by Crippen LogP contribution is -2.38. The average molecular weight is 429 g/mol. The SMILES string of the molecule is CC(=O)O[C@@H]1[C@H](OC(C)=O)[C@@H](C)O[C@H]1n1c(NC(C)C)nc2c(F)c(F)c(F)cc21. The van der Waals surface area contributed by atoms with E-state index in [2.05, 4.69) is 10.3 Å². The Morgan fingerprint density at radius 3 is 2.30 bits per heavy atom. The van der Waals surface area contributed by atoms with Crippen LogP contribution in [0.5, 0.6) is 0 Å². The molecule has 8 nitrogen and oxygen atoms in total. The minimum atomic E-state index is -1.65. The quantitative estimate of drug-likeness (QED) is 0.577. The molecule has 30 heavy (non-hydrogen) atoms. The lowest BCUT2D eigenvalue weighted by Gasteiger charge is -2.25. The van der Waals surface area contributed by atoms with Gasteiger partial charge in [0.1, 0.15) is 5.52 Å². The van der Waals surface area contributed by atoms with Crippen molar-refractivity contribution in [2.24, 2.45) is 0 Å². The summed E-state index contributed by atoms with van der Waals surface area (Å²) in [5.41, 5.74) is -0.543. The molecule has 1 aliphatic rings. The molecule has 1 aromatic heterocycles. The fraction of sp³-hybridized carbons (Fsp3) is 0.526. The minimum Gasteiger partial charge on any atom is -0.456 e. The Labute approximate surface area is 170 Å². The molecule has 3 rings (SSSR count). The Balaban J connectivity index is 2.21. The number of halogens is 3. The highest BCUT2D eigenvalue weighted by molar-refractivity contribution is 5.80. The van der Waals surface area contributed by atoms with E-state index in [1.165, 1.54) is 18.4 Å². The number of imidazole rings is 1. The Morgan fingerprint density at radius 1 is 1.13 bits per heavy atom. The van der Waals surface area contributed by atoms with Crippen LogP contribution in [0.15, 0.2) is 6.07 Å². The van der Waals surface area contributed by atoms with Gasteiger partial charge in [-0.1, -0.05) is 0 Å². The van der Waals surface area contributed by atoms with E-state index in [0.717, 1.165) is 6.07 Å². The van der Waals surface area contributed by atoms with Crippen molar-refractivity contribution in [1.29, 1.82) is 0 Å². The van der Waals surface area contributed by atoms with Crippen LogP contribution in [0.2, 0.25) is 0 Å². The molecule has 2 heterocycles. The number of hydrogen-bond donors (Lipinski definition) is 1. The van der Waals surface area contributed by atoms with Gasteiger partial charge in [-0.05, 0) is 20.8 Å². The predicted molar refractivity (Wildman–Crippen MR) is 99.1 cm³/mol. The summed E-state index contributed by atoms with van der Waals surface area (Å²) in [6.45, 7) is 7.52. The maximum absolute atomic E-state index is 14.4. The van der Waals surface area contributed by atoms with Gasteiger partial charge in [-0.2, -0.15) is 0 Å². The van der Waals surface area contributed by atoms with Crippen molar-refractivity contribution < 1.29 is 37.0 Å². The van der Waals surface area contributed by atoms with E-state index in [9.17, 15) is 22.8 Å². The highest BCUT2D eigenvalue weighted by Gasteiger charge is 2.49. The van der Waals surface area contributed by atoms with E-state index in [1.807, 2.05) is 0 Å². The van der Waals surface area contributed by atoms with Gasteiger partial charge in [0.25, 0.3) is 0 Å². The van der Waals surface area contributed by atoms with Gasteiger partial charge >= 0.3 is 11.9 Å². The number of benzene rings is 1. The average Bonchev–Trinajstić information content (AvgIpc) is 3.10. The number of aromatic nitrogens is 2. The fourth-order valence-electron chi connectivity index (χ4n) is 3.44. The number of anilines is 1. The van der Waals surface area contributed by atoms with Gasteiger partial charge in [0, 0.05) is 26.0 Å². The summed E-state index contributed by atoms with van der Waals surface area (Å²) >= 11 is 0. The van der Waals surface area contributed by atoms with Crippen LogP contribution in [-0.4, -0.2) is 45.8 Å². The molecule has 0 saturated carbocycles. The lowest BCUT2D eigenvalue weighted by molar-refractivity contribution is -0.165. The van der Waals surface area contributed by atoms with Gasteiger partial charge in [0.15, 0.2) is 35.9 Å². The molecule has 1 N–H and O–H groups in total. The molecular weight excluding hydrogens is 407 g/mol. The number of fused-ring (bicyclic) bond motifs is 1. The summed E-state index contributed by atoms with van der Waals surface area (Å²) in [5, 5.41) is 2.96. The lowest BCUT2D eigenvalue weighted by atomic mass is 10.1. The van der Waals surface area contributed by atoms with Crippen LogP contribution < -0.4 is 5.32 Å². The van der Waals surface area contributed by atoms with E-state index < -0.39 is 59.4 Å². The van der Waals surface area contributed by atoms with Gasteiger partial charge in [-0.3, -0.25) is 14.2 Å². The first-order chi connectivity index (χ1) is 14.0. The number of nitrogens with zero attached hydrogens (tertiary/aromatic N) is 2. The fourth-order valence-corrected chi connectivity index (χ4v) is 3.44. The third-order valence-corrected chi connectivity index (χ3v) is 4.52. The molecule has 164 valence electrons. The molecule has 0 aliphatic carbocycles. The summed E-state index contributed by atoms with van der Waals surface area (Å²) in [6.07, 6.45) is -3.98. The summed E-state index contributed by atoms with van der Waals surface area (Å²) in [7, 11) is 0. The normalized spacial score (nSPS) is 23.8. The number of nitrogens with one attached hydrogen (secondary N) is 1. The van der Waals surface area contributed by atoms with Crippen LogP contribution in [0.25, 0.3) is 11.0 Å². The maximum atomic E-state index is 14.4. The third-order valence-electron chi connectivity index (χ3n) is 4.52. The summed E-state index contributed by atoms with van der Waals surface area (Å²) in [5.74, 6) is -5.78.